The van der Waals surface area contributed by atoms with Gasteiger partial charge in [-0.25, -0.2) is 9.79 Å². The Labute approximate surface area is 183 Å². The van der Waals surface area contributed by atoms with E-state index in [0.29, 0.717) is 11.1 Å². The van der Waals surface area contributed by atoms with Gasteiger partial charge in [0.15, 0.2) is 5.84 Å². The molecule has 1 heterocycles. The lowest BCUT2D eigenvalue weighted by Crippen LogP contribution is -2.28. The molecule has 0 aromatic heterocycles. The van der Waals surface area contributed by atoms with E-state index < -0.39 is 22.4 Å². The number of fused-ring (bicyclic) bond motifs is 1. The zero-order chi connectivity index (χ0) is 23.6. The van der Waals surface area contributed by atoms with E-state index in [1.165, 1.54) is 25.1 Å². The molecule has 0 atom stereocenters. The van der Waals surface area contributed by atoms with Crippen LogP contribution in [0.3, 0.4) is 0 Å². The summed E-state index contributed by atoms with van der Waals surface area (Å²) in [5.74, 6) is -1.77. The first-order chi connectivity index (χ1) is 15.0. The number of carbonyl (C=O) groups excluding carboxylic acids is 2. The van der Waals surface area contributed by atoms with Gasteiger partial charge in [-0.15, -0.1) is 0 Å². The number of hydrogen-bond donors (Lipinski definition) is 1. The van der Waals surface area contributed by atoms with Crippen molar-refractivity contribution in [2.45, 2.75) is 33.3 Å². The van der Waals surface area contributed by atoms with Crippen molar-refractivity contribution in [2.75, 3.05) is 0 Å². The maximum absolute atomic E-state index is 12.8. The molecule has 9 heteroatoms. The summed E-state index contributed by atoms with van der Waals surface area (Å²) in [5, 5.41) is 21.2. The van der Waals surface area contributed by atoms with E-state index in [1.807, 2.05) is 0 Å². The van der Waals surface area contributed by atoms with Gasteiger partial charge in [-0.05, 0) is 33.8 Å². The maximum atomic E-state index is 12.8. The molecule has 9 nitrogen and oxygen atoms in total. The monoisotopic (exact) mass is 435 g/mol. The van der Waals surface area contributed by atoms with Crippen molar-refractivity contribution >= 4 is 29.1 Å². The van der Waals surface area contributed by atoms with Gasteiger partial charge in [0.2, 0.25) is 0 Å². The van der Waals surface area contributed by atoms with E-state index in [0.717, 1.165) is 6.07 Å². The van der Waals surface area contributed by atoms with Crippen molar-refractivity contribution < 1.29 is 24.4 Å². The number of nitrogens with zero attached hydrogens (tertiary/aromatic N) is 3. The zero-order valence-corrected chi connectivity index (χ0v) is 17.9. The number of aliphatic hydroxyl groups excluding tert-OH is 1. The van der Waals surface area contributed by atoms with Gasteiger partial charge < -0.3 is 9.84 Å². The van der Waals surface area contributed by atoms with Crippen molar-refractivity contribution in [3.05, 3.63) is 86.7 Å². The van der Waals surface area contributed by atoms with Crippen LogP contribution in [-0.2, 0) is 9.53 Å². The topological polar surface area (TPSA) is 131 Å². The van der Waals surface area contributed by atoms with Gasteiger partial charge in [-0.3, -0.25) is 14.9 Å². The molecule has 0 spiro atoms. The number of aliphatic imine (C=N–C) groups is 2. The number of esters is 1. The van der Waals surface area contributed by atoms with Gasteiger partial charge >= 0.3 is 5.97 Å². The number of benzene rings is 2. The molecule has 1 aliphatic rings. The number of nitro groups is 1. The molecule has 164 valence electrons. The lowest BCUT2D eigenvalue weighted by molar-refractivity contribution is -0.384. The van der Waals surface area contributed by atoms with E-state index in [1.54, 1.807) is 45.0 Å². The van der Waals surface area contributed by atoms with Crippen molar-refractivity contribution in [1.29, 1.82) is 0 Å². The largest absolute Gasteiger partial charge is 0.512 e. The average Bonchev–Trinajstić information content (AvgIpc) is 3.04. The Morgan fingerprint density at radius 2 is 1.75 bits per heavy atom. The van der Waals surface area contributed by atoms with Gasteiger partial charge in [-0.2, -0.15) is 4.99 Å². The summed E-state index contributed by atoms with van der Waals surface area (Å²) in [5.41, 5.74) is -0.0605. The van der Waals surface area contributed by atoms with Crippen LogP contribution in [0.4, 0.5) is 5.69 Å². The Bertz CT molecular complexity index is 1210. The van der Waals surface area contributed by atoms with E-state index in [9.17, 15) is 24.8 Å². The number of rotatable bonds is 4. The van der Waals surface area contributed by atoms with Gasteiger partial charge in [0, 0.05) is 28.8 Å². The average molecular weight is 435 g/mol. The Morgan fingerprint density at radius 1 is 1.09 bits per heavy atom. The van der Waals surface area contributed by atoms with Crippen LogP contribution in [0.15, 0.2) is 69.8 Å². The summed E-state index contributed by atoms with van der Waals surface area (Å²) in [6.07, 6.45) is 0. The predicted molar refractivity (Wildman–Crippen MR) is 118 cm³/mol. The van der Waals surface area contributed by atoms with Crippen LogP contribution < -0.4 is 0 Å². The number of non-ortho nitro benzene ring substituents is 1. The number of ether oxygens (including phenoxy) is 1. The van der Waals surface area contributed by atoms with Crippen LogP contribution >= 0.6 is 0 Å². The number of aliphatic hydroxyl groups is 1. The van der Waals surface area contributed by atoms with Crippen molar-refractivity contribution in [1.82, 2.24) is 0 Å². The van der Waals surface area contributed by atoms with Crippen LogP contribution in [0, 0.1) is 10.1 Å². The number of nitro benzene ring substituents is 1. The standard InChI is InChI=1S/C23H21N3O6/c1-13(27)18(22(29)32-23(2,3)4)19-16-10-5-6-11-17(16)20(24-19)25-21(28)14-8-7-9-15(12-14)26(30)31/h5-12,27H,1-4H3/b18-13-,25-20?. The Morgan fingerprint density at radius 3 is 2.34 bits per heavy atom. The fraction of sp³-hybridized carbons (Fsp3) is 0.217. The fourth-order valence-corrected chi connectivity index (χ4v) is 3.04. The molecule has 2 aromatic rings. The summed E-state index contributed by atoms with van der Waals surface area (Å²) in [6.45, 7) is 6.44. The Hall–Kier alpha value is -4.14. The first-order valence-electron chi connectivity index (χ1n) is 9.67. The summed E-state index contributed by atoms with van der Waals surface area (Å²) in [7, 11) is 0. The summed E-state index contributed by atoms with van der Waals surface area (Å²) in [6, 6.07) is 12.0. The fourth-order valence-electron chi connectivity index (χ4n) is 3.04. The second kappa shape index (κ2) is 8.54. The Kier molecular flexibility index (Phi) is 6.02. The first kappa shape index (κ1) is 22.5. The molecular weight excluding hydrogens is 414 g/mol. The SMILES string of the molecule is C/C(O)=C(/C(=O)OC(C)(C)C)C1=NC(=NC(=O)c2cccc([N+](=O)[O-])c2)c2ccccc21. The minimum atomic E-state index is -0.800. The van der Waals surface area contributed by atoms with Crippen LogP contribution in [0.5, 0.6) is 0 Å². The minimum Gasteiger partial charge on any atom is -0.512 e. The van der Waals surface area contributed by atoms with Gasteiger partial charge in [0.05, 0.1) is 10.6 Å². The Balaban J connectivity index is 2.08. The molecule has 0 aliphatic carbocycles. The molecule has 1 N–H and O–H groups in total. The molecule has 1 aliphatic heterocycles. The second-order valence-corrected chi connectivity index (χ2v) is 8.02. The van der Waals surface area contributed by atoms with Gasteiger partial charge in [-0.1, -0.05) is 30.3 Å². The normalized spacial score (nSPS) is 15.0. The molecular formula is C23H21N3O6. The van der Waals surface area contributed by atoms with Crippen molar-refractivity contribution in [3.63, 3.8) is 0 Å². The molecule has 2 aromatic carbocycles. The quantitative estimate of drug-likeness (QED) is 0.252. The highest BCUT2D eigenvalue weighted by atomic mass is 16.6. The van der Waals surface area contributed by atoms with Crippen LogP contribution in [0.2, 0.25) is 0 Å². The van der Waals surface area contributed by atoms with Crippen LogP contribution in [0.25, 0.3) is 0 Å². The molecule has 0 radical (unpaired) electrons. The second-order valence-electron chi connectivity index (χ2n) is 8.02. The zero-order valence-electron chi connectivity index (χ0n) is 17.9. The summed E-state index contributed by atoms with van der Waals surface area (Å²) < 4.78 is 5.40. The molecule has 0 saturated carbocycles. The smallest absolute Gasteiger partial charge is 0.344 e. The molecule has 0 fully saturated rings. The number of amidine groups is 1. The highest BCUT2D eigenvalue weighted by molar-refractivity contribution is 6.36. The van der Waals surface area contributed by atoms with E-state index in [2.05, 4.69) is 9.98 Å². The minimum absolute atomic E-state index is 0.0223. The van der Waals surface area contributed by atoms with Crippen molar-refractivity contribution in [2.24, 2.45) is 9.98 Å². The molecule has 3 rings (SSSR count). The highest BCUT2D eigenvalue weighted by Gasteiger charge is 2.32. The molecule has 0 bridgehead atoms. The third kappa shape index (κ3) is 4.77. The van der Waals surface area contributed by atoms with E-state index >= 15 is 0 Å². The summed E-state index contributed by atoms with van der Waals surface area (Å²) >= 11 is 0. The van der Waals surface area contributed by atoms with Gasteiger partial charge in [0.1, 0.15) is 16.9 Å². The predicted octanol–water partition coefficient (Wildman–Crippen LogP) is 4.16. The van der Waals surface area contributed by atoms with Crippen LogP contribution in [-0.4, -0.2) is 39.1 Å². The molecule has 0 unspecified atom stereocenters. The van der Waals surface area contributed by atoms with Gasteiger partial charge in [0.25, 0.3) is 11.6 Å². The molecule has 32 heavy (non-hydrogen) atoms. The van der Waals surface area contributed by atoms with E-state index in [-0.39, 0.29) is 34.1 Å². The van der Waals surface area contributed by atoms with E-state index in [4.69, 9.17) is 4.74 Å². The van der Waals surface area contributed by atoms with Crippen LogP contribution in [0.1, 0.15) is 49.2 Å². The maximum Gasteiger partial charge on any atom is 0.344 e. The first-order valence-corrected chi connectivity index (χ1v) is 9.67. The van der Waals surface area contributed by atoms with Crippen molar-refractivity contribution in [3.8, 4) is 0 Å². The highest BCUT2D eigenvalue weighted by Crippen LogP contribution is 2.27. The summed E-state index contributed by atoms with van der Waals surface area (Å²) in [4.78, 5) is 44.2. The number of carbonyl (C=O) groups is 2. The lowest BCUT2D eigenvalue weighted by Gasteiger charge is -2.21. The third-order valence-corrected chi connectivity index (χ3v) is 4.35. The molecule has 1 amide bonds. The number of amides is 1. The number of allylic oxidation sites excluding steroid dienone is 1. The lowest BCUT2D eigenvalue weighted by atomic mass is 9.99. The third-order valence-electron chi connectivity index (χ3n) is 4.35. The number of hydrogen-bond acceptors (Lipinski definition) is 6. The molecule has 0 saturated heterocycles.